The molecule has 2 atom stereocenters. The van der Waals surface area contributed by atoms with Crippen molar-refractivity contribution in [2.24, 2.45) is 0 Å². The van der Waals surface area contributed by atoms with Gasteiger partial charge >= 0.3 is 0 Å². The summed E-state index contributed by atoms with van der Waals surface area (Å²) in [7, 11) is 0. The zero-order valence-electron chi connectivity index (χ0n) is 18.6. The molecule has 3 aromatic carbocycles. The molecule has 1 amide bonds. The summed E-state index contributed by atoms with van der Waals surface area (Å²) < 4.78 is 13.7. The molecule has 0 saturated heterocycles. The Kier molecular flexibility index (Phi) is 5.46. The third kappa shape index (κ3) is 3.32. The first-order valence-electron chi connectivity index (χ1n) is 11.3. The minimum atomic E-state index is -2.07. The average Bonchev–Trinajstić information content (AvgIpc) is 3.27. The van der Waals surface area contributed by atoms with Gasteiger partial charge in [0.05, 0.1) is 17.6 Å². The van der Waals surface area contributed by atoms with Crippen molar-refractivity contribution in [3.63, 3.8) is 0 Å². The number of Topliss-reactive ketones (excluding diaryl/α,β-unsaturated/α-hetero) is 1. The zero-order valence-corrected chi connectivity index (χ0v) is 19.4. The van der Waals surface area contributed by atoms with E-state index in [1.54, 1.807) is 35.2 Å². The molecule has 0 aromatic heterocycles. The summed E-state index contributed by atoms with van der Waals surface area (Å²) in [6, 6.07) is 17.8. The lowest BCUT2D eigenvalue weighted by Crippen LogP contribution is -2.53. The molecule has 2 unspecified atom stereocenters. The third-order valence-corrected chi connectivity index (χ3v) is 7.09. The first kappa shape index (κ1) is 22.6. The summed E-state index contributed by atoms with van der Waals surface area (Å²) in [5.41, 5.74) is -0.0441. The Morgan fingerprint density at radius 2 is 1.91 bits per heavy atom. The number of carbonyl (C=O) groups excluding carboxylic acids is 2. The number of fused-ring (bicyclic) bond motifs is 2. The van der Waals surface area contributed by atoms with Crippen molar-refractivity contribution in [2.75, 3.05) is 16.8 Å². The number of nitrogens with zero attached hydrogens (tertiary/aromatic N) is 1. The monoisotopic (exact) mass is 478 g/mol. The minimum Gasteiger partial charge on any atom is -0.382 e. The van der Waals surface area contributed by atoms with E-state index in [0.717, 1.165) is 23.7 Å². The molecule has 0 spiro atoms. The number of para-hydroxylation sites is 1. The number of hydrogen-bond acceptors (Lipinski definition) is 4. The summed E-state index contributed by atoms with van der Waals surface area (Å²) >= 11 is 6.34. The van der Waals surface area contributed by atoms with Crippen LogP contribution in [-0.4, -0.2) is 23.3 Å². The standard InChI is InChI=1S/C27H24ClFN2O3/c1-2-12-26(16-30-22-11-10-18(28)14-21(22)26)31-23-9-4-3-8-20(23)27(34,25(31)33)15-24(32)17-6-5-7-19(29)13-17/h3-11,13-14,30,34H,2,12,15-16H2,1H3. The van der Waals surface area contributed by atoms with Crippen LogP contribution in [0.25, 0.3) is 0 Å². The Morgan fingerprint density at radius 1 is 1.12 bits per heavy atom. The maximum absolute atomic E-state index is 14.1. The van der Waals surface area contributed by atoms with Crippen LogP contribution in [-0.2, 0) is 15.9 Å². The Balaban J connectivity index is 1.63. The summed E-state index contributed by atoms with van der Waals surface area (Å²) in [4.78, 5) is 28.8. The molecule has 3 aromatic rings. The van der Waals surface area contributed by atoms with Gasteiger partial charge in [-0.2, -0.15) is 0 Å². The predicted octanol–water partition coefficient (Wildman–Crippen LogP) is 5.41. The Labute approximate surface area is 202 Å². The Bertz CT molecular complexity index is 1310. The van der Waals surface area contributed by atoms with Gasteiger partial charge in [0, 0.05) is 33.9 Å². The minimum absolute atomic E-state index is 0.111. The quantitative estimate of drug-likeness (QED) is 0.465. The van der Waals surface area contributed by atoms with Crippen molar-refractivity contribution in [3.8, 4) is 0 Å². The molecule has 5 rings (SSSR count). The average molecular weight is 479 g/mol. The van der Waals surface area contributed by atoms with Gasteiger partial charge < -0.3 is 10.4 Å². The molecule has 2 heterocycles. The number of carbonyl (C=O) groups is 2. The predicted molar refractivity (Wildman–Crippen MR) is 130 cm³/mol. The van der Waals surface area contributed by atoms with Crippen LogP contribution in [0.2, 0.25) is 5.02 Å². The lowest BCUT2D eigenvalue weighted by molar-refractivity contribution is -0.137. The molecule has 2 aliphatic heterocycles. The topological polar surface area (TPSA) is 69.6 Å². The maximum atomic E-state index is 14.1. The SMILES string of the molecule is CCCC1(N2C(=O)C(O)(CC(=O)c3cccc(F)c3)c3ccccc32)CNc2ccc(Cl)cc21. The second kappa shape index (κ2) is 8.22. The van der Waals surface area contributed by atoms with E-state index in [1.807, 2.05) is 19.1 Å². The van der Waals surface area contributed by atoms with Crippen LogP contribution in [0.4, 0.5) is 15.8 Å². The highest BCUT2D eigenvalue weighted by atomic mass is 35.5. The molecule has 2 N–H and O–H groups in total. The van der Waals surface area contributed by atoms with Crippen LogP contribution >= 0.6 is 11.6 Å². The molecule has 0 radical (unpaired) electrons. The van der Waals surface area contributed by atoms with Crippen molar-refractivity contribution < 1.29 is 19.1 Å². The highest BCUT2D eigenvalue weighted by molar-refractivity contribution is 6.30. The number of ketones is 1. The van der Waals surface area contributed by atoms with Gasteiger partial charge in [0.15, 0.2) is 11.4 Å². The summed E-state index contributed by atoms with van der Waals surface area (Å²) in [5.74, 6) is -1.63. The van der Waals surface area contributed by atoms with Gasteiger partial charge in [0.25, 0.3) is 5.91 Å². The molecular formula is C27H24ClFN2O3. The number of nitrogens with one attached hydrogen (secondary N) is 1. The second-order valence-corrected chi connectivity index (χ2v) is 9.39. The number of rotatable bonds is 6. The van der Waals surface area contributed by atoms with E-state index in [-0.39, 0.29) is 5.56 Å². The fourth-order valence-corrected chi connectivity index (χ4v) is 5.53. The van der Waals surface area contributed by atoms with E-state index in [9.17, 15) is 19.1 Å². The Hall–Kier alpha value is -3.22. The van der Waals surface area contributed by atoms with Crippen molar-refractivity contribution in [2.45, 2.75) is 37.3 Å². The van der Waals surface area contributed by atoms with Gasteiger partial charge in [-0.05, 0) is 42.8 Å². The van der Waals surface area contributed by atoms with Gasteiger partial charge in [-0.1, -0.05) is 55.3 Å². The number of hydrogen-bond donors (Lipinski definition) is 2. The number of amides is 1. The maximum Gasteiger partial charge on any atom is 0.265 e. The van der Waals surface area contributed by atoms with E-state index in [1.165, 1.54) is 18.2 Å². The molecule has 0 aliphatic carbocycles. The third-order valence-electron chi connectivity index (χ3n) is 6.86. The molecule has 0 bridgehead atoms. The van der Waals surface area contributed by atoms with E-state index in [0.29, 0.717) is 29.2 Å². The number of benzene rings is 3. The highest BCUT2D eigenvalue weighted by Crippen LogP contribution is 2.53. The largest absolute Gasteiger partial charge is 0.382 e. The fraction of sp³-hybridized carbons (Fsp3) is 0.259. The van der Waals surface area contributed by atoms with Crippen LogP contribution in [0.15, 0.2) is 66.7 Å². The van der Waals surface area contributed by atoms with Crippen molar-refractivity contribution in [1.29, 1.82) is 0 Å². The molecule has 34 heavy (non-hydrogen) atoms. The van der Waals surface area contributed by atoms with Gasteiger partial charge in [0.2, 0.25) is 0 Å². The number of anilines is 2. The molecule has 5 nitrogen and oxygen atoms in total. The van der Waals surface area contributed by atoms with E-state index >= 15 is 0 Å². The normalized spacial score (nSPS) is 22.9. The van der Waals surface area contributed by atoms with E-state index in [4.69, 9.17) is 11.6 Å². The summed E-state index contributed by atoms with van der Waals surface area (Å²) in [5, 5.41) is 15.7. The lowest BCUT2D eigenvalue weighted by Gasteiger charge is -2.40. The summed E-state index contributed by atoms with van der Waals surface area (Å²) in [6.45, 7) is 2.49. The van der Waals surface area contributed by atoms with Crippen molar-refractivity contribution in [3.05, 3.63) is 94.3 Å². The number of halogens is 2. The zero-order chi connectivity index (χ0) is 24.1. The van der Waals surface area contributed by atoms with Crippen LogP contribution in [0.5, 0.6) is 0 Å². The van der Waals surface area contributed by atoms with Gasteiger partial charge in [-0.15, -0.1) is 0 Å². The first-order valence-corrected chi connectivity index (χ1v) is 11.7. The first-order chi connectivity index (χ1) is 16.3. The van der Waals surface area contributed by atoms with Crippen molar-refractivity contribution in [1.82, 2.24) is 0 Å². The molecular weight excluding hydrogens is 455 g/mol. The molecule has 0 saturated carbocycles. The smallest absolute Gasteiger partial charge is 0.265 e. The second-order valence-electron chi connectivity index (χ2n) is 8.95. The van der Waals surface area contributed by atoms with E-state index in [2.05, 4.69) is 5.32 Å². The molecule has 174 valence electrons. The molecule has 2 aliphatic rings. The van der Waals surface area contributed by atoms with Gasteiger partial charge in [-0.25, -0.2) is 4.39 Å². The van der Waals surface area contributed by atoms with Gasteiger partial charge in [0.1, 0.15) is 5.82 Å². The van der Waals surface area contributed by atoms with Crippen LogP contribution in [0.3, 0.4) is 0 Å². The van der Waals surface area contributed by atoms with Crippen LogP contribution < -0.4 is 10.2 Å². The van der Waals surface area contributed by atoms with Gasteiger partial charge in [-0.3, -0.25) is 14.5 Å². The highest BCUT2D eigenvalue weighted by Gasteiger charge is 2.58. The fourth-order valence-electron chi connectivity index (χ4n) is 5.36. The lowest BCUT2D eigenvalue weighted by atomic mass is 9.84. The molecule has 7 heteroatoms. The summed E-state index contributed by atoms with van der Waals surface area (Å²) in [6.07, 6.45) is 0.919. The Morgan fingerprint density at radius 3 is 2.68 bits per heavy atom. The van der Waals surface area contributed by atoms with Crippen LogP contribution in [0, 0.1) is 5.82 Å². The van der Waals surface area contributed by atoms with Crippen molar-refractivity contribution >= 4 is 34.7 Å². The van der Waals surface area contributed by atoms with Crippen LogP contribution in [0.1, 0.15) is 47.7 Å². The number of aliphatic hydroxyl groups is 1. The molecule has 0 fully saturated rings. The van der Waals surface area contributed by atoms with E-state index < -0.39 is 35.1 Å².